The van der Waals surface area contributed by atoms with Crippen molar-refractivity contribution in [2.75, 3.05) is 26.2 Å². The minimum Gasteiger partial charge on any atom is -0.391 e. The molecule has 0 aliphatic heterocycles. The molecule has 0 heterocycles. The molecule has 0 unspecified atom stereocenters. The Labute approximate surface area is 579 Å². The highest BCUT2D eigenvalue weighted by molar-refractivity contribution is 5.99. The summed E-state index contributed by atoms with van der Waals surface area (Å²) in [6.07, 6.45) is 15.4. The number of amides is 11. The number of carbonyl (C=O) groups is 11. The second-order valence-electron chi connectivity index (χ2n) is 27.9. The first kappa shape index (κ1) is 90.3. The van der Waals surface area contributed by atoms with Crippen LogP contribution in [0.5, 0.6) is 0 Å². The first-order valence-corrected chi connectivity index (χ1v) is 36.2. The molecule has 11 amide bonds. The van der Waals surface area contributed by atoms with E-state index in [2.05, 4.69) is 65.1 Å². The SMILES string of the molecule is CCCCCCCCCCCCCCC(=O)NCC(=O)N[C@@H](CC(C)C)C(=O)N[C@@H](CC(C)C)C(=O)N[C@@H](CCCCN)C(=O)N[C@@H](CCCN=C(N)N)C(=O)N[C@H](C(=O)N[C@@H](CCCCN)C(=O)N[C@H](C(=O)N[C@@H](CC(C)C)C(=O)N[C@@H](CC(C)C)C(N)=O)[C@@H](C)O)[C@@H](C)CC. The molecule has 0 aliphatic carbocycles. The second kappa shape index (κ2) is 52.4. The van der Waals surface area contributed by atoms with Gasteiger partial charge in [-0.2, -0.15) is 0 Å². The van der Waals surface area contributed by atoms with Crippen LogP contribution in [0.25, 0.3) is 0 Å². The normalized spacial score (nSPS) is 14.8. The van der Waals surface area contributed by atoms with E-state index in [0.29, 0.717) is 38.5 Å². The summed E-state index contributed by atoms with van der Waals surface area (Å²) < 4.78 is 0. The lowest BCUT2D eigenvalue weighted by molar-refractivity contribution is -0.137. The Morgan fingerprint density at radius 2 is 0.711 bits per heavy atom. The van der Waals surface area contributed by atoms with Gasteiger partial charge in [0.2, 0.25) is 65.0 Å². The number of guanidine groups is 1. The summed E-state index contributed by atoms with van der Waals surface area (Å²) >= 11 is 0. The molecule has 0 radical (unpaired) electrons. The third-order valence-electron chi connectivity index (χ3n) is 16.7. The highest BCUT2D eigenvalue weighted by atomic mass is 16.3. The monoisotopic (exact) mass is 1380 g/mol. The van der Waals surface area contributed by atoms with Crippen LogP contribution in [0.4, 0.5) is 0 Å². The topological polar surface area (TPSA) is 471 Å². The summed E-state index contributed by atoms with van der Waals surface area (Å²) in [5, 5.41) is 38.0. The molecule has 11 atom stereocenters. The van der Waals surface area contributed by atoms with Crippen LogP contribution in [-0.4, -0.2) is 163 Å². The Morgan fingerprint density at radius 1 is 0.371 bits per heavy atom. The molecule has 0 aromatic rings. The molecule has 28 heteroatoms. The van der Waals surface area contributed by atoms with E-state index in [4.69, 9.17) is 28.7 Å². The number of rotatable bonds is 56. The molecule has 0 aromatic carbocycles. The van der Waals surface area contributed by atoms with E-state index in [9.17, 15) is 57.8 Å². The molecule has 0 saturated carbocycles. The van der Waals surface area contributed by atoms with Crippen molar-refractivity contribution >= 4 is 70.9 Å². The van der Waals surface area contributed by atoms with Gasteiger partial charge >= 0.3 is 0 Å². The summed E-state index contributed by atoms with van der Waals surface area (Å²) in [5.74, 6) is -9.02. The van der Waals surface area contributed by atoms with Gasteiger partial charge in [0, 0.05) is 13.0 Å². The predicted octanol–water partition coefficient (Wildman–Crippen LogP) is 2.97. The van der Waals surface area contributed by atoms with Crippen molar-refractivity contribution < 1.29 is 57.8 Å². The standard InChI is InChI=1S/C69H132N16O12/c1-13-15-16-17-18-19-20-21-22-23-24-25-34-56(87)76-42-57(88)77-53(39-44(5)6)64(93)82-54(40-45(7)8)65(94)79-49(31-26-28-35-70)61(90)78-51(33-30-37-75-69(73)74)62(91)84-58(47(11)14-2)67(96)80-50(32-27-29-36-71)63(92)85-59(48(12)86)68(97)83-55(41-46(9)10)66(95)81-52(60(72)89)38-43(3)4/h43-55,58-59,86H,13-42,70-71H2,1-12H3,(H2,72,89)(H,76,87)(H,77,88)(H,78,90)(H,79,94)(H,80,96)(H,81,95)(H,82,93)(H,83,97)(H,84,91)(H,85,92)(H4,73,74,75)/t47-,48+,49-,50-,51-,52-,53-,54-,55-,58-,59-/m0/s1. The van der Waals surface area contributed by atoms with E-state index in [1.807, 2.05) is 55.4 Å². The second-order valence-corrected chi connectivity index (χ2v) is 27.9. The molecule has 0 spiro atoms. The average molecular weight is 1380 g/mol. The Bertz CT molecular complexity index is 2370. The van der Waals surface area contributed by atoms with Crippen LogP contribution in [0.15, 0.2) is 4.99 Å². The van der Waals surface area contributed by atoms with Crippen LogP contribution in [0.3, 0.4) is 0 Å². The van der Waals surface area contributed by atoms with Gasteiger partial charge in [-0.05, 0) is 133 Å². The van der Waals surface area contributed by atoms with Gasteiger partial charge in [0.15, 0.2) is 5.96 Å². The van der Waals surface area contributed by atoms with Crippen molar-refractivity contribution in [3.63, 3.8) is 0 Å². The zero-order valence-electron chi connectivity index (χ0n) is 61.1. The average Bonchev–Trinajstić information content (AvgIpc) is 0.874. The Kier molecular flexibility index (Phi) is 48.8. The van der Waals surface area contributed by atoms with Crippen LogP contribution in [0.2, 0.25) is 0 Å². The Morgan fingerprint density at radius 3 is 1.11 bits per heavy atom. The minimum absolute atomic E-state index is 0.00483. The van der Waals surface area contributed by atoms with Crippen LogP contribution in [-0.2, 0) is 52.7 Å². The largest absolute Gasteiger partial charge is 0.391 e. The van der Waals surface area contributed by atoms with Crippen molar-refractivity contribution in [1.82, 2.24) is 53.2 Å². The zero-order valence-corrected chi connectivity index (χ0v) is 61.1. The number of primary amides is 1. The number of hydrogen-bond acceptors (Lipinski definition) is 15. The maximum atomic E-state index is 14.7. The lowest BCUT2D eigenvalue weighted by Crippen LogP contribution is -2.62. The minimum atomic E-state index is -1.64. The molecule has 97 heavy (non-hydrogen) atoms. The van der Waals surface area contributed by atoms with Crippen molar-refractivity contribution in [3.05, 3.63) is 0 Å². The lowest BCUT2D eigenvalue weighted by Gasteiger charge is -2.30. The fourth-order valence-corrected chi connectivity index (χ4v) is 11.0. The van der Waals surface area contributed by atoms with Gasteiger partial charge in [0.05, 0.1) is 12.6 Å². The Balaban J connectivity index is 6.73. The number of aliphatic hydroxyl groups excluding tert-OH is 1. The summed E-state index contributed by atoms with van der Waals surface area (Å²) in [5.41, 5.74) is 28.5. The fraction of sp³-hybridized carbons (Fsp3) is 0.826. The highest BCUT2D eigenvalue weighted by Gasteiger charge is 2.38. The van der Waals surface area contributed by atoms with E-state index in [0.717, 1.165) is 19.3 Å². The lowest BCUT2D eigenvalue weighted by atomic mass is 9.96. The third-order valence-corrected chi connectivity index (χ3v) is 16.7. The summed E-state index contributed by atoms with van der Waals surface area (Å²) in [4.78, 5) is 157. The van der Waals surface area contributed by atoms with Gasteiger partial charge in [-0.1, -0.05) is 153 Å². The number of nitrogens with zero attached hydrogens (tertiary/aromatic N) is 1. The number of carbonyl (C=O) groups excluding carboxylic acids is 11. The van der Waals surface area contributed by atoms with Crippen molar-refractivity contribution in [2.24, 2.45) is 63.3 Å². The van der Waals surface area contributed by atoms with Crippen LogP contribution >= 0.6 is 0 Å². The smallest absolute Gasteiger partial charge is 0.245 e. The summed E-state index contributed by atoms with van der Waals surface area (Å²) in [6.45, 7) is 21.9. The van der Waals surface area contributed by atoms with Crippen molar-refractivity contribution in [3.8, 4) is 0 Å². The number of unbranched alkanes of at least 4 members (excludes halogenated alkanes) is 13. The molecular formula is C69H132N16O12. The first-order valence-electron chi connectivity index (χ1n) is 36.2. The molecule has 560 valence electrons. The zero-order chi connectivity index (χ0) is 73.6. The number of nitrogens with two attached hydrogens (primary N) is 5. The summed E-state index contributed by atoms with van der Waals surface area (Å²) in [6, 6.07) is -11.5. The van der Waals surface area contributed by atoms with E-state index in [1.165, 1.54) is 58.3 Å². The Hall–Kier alpha value is -6.68. The molecular weight excluding hydrogens is 1240 g/mol. The molecule has 0 fully saturated rings. The molecule has 28 nitrogen and oxygen atoms in total. The molecule has 0 rings (SSSR count). The quantitative estimate of drug-likeness (QED) is 0.0236. The third kappa shape index (κ3) is 42.0. The van der Waals surface area contributed by atoms with Gasteiger partial charge in [-0.25, -0.2) is 0 Å². The molecule has 0 aliphatic rings. The first-order chi connectivity index (χ1) is 45.8. The van der Waals surface area contributed by atoms with Crippen molar-refractivity contribution in [1.29, 1.82) is 0 Å². The summed E-state index contributed by atoms with van der Waals surface area (Å²) in [7, 11) is 0. The van der Waals surface area contributed by atoms with E-state index >= 15 is 0 Å². The van der Waals surface area contributed by atoms with Gasteiger partial charge < -0.3 is 86.9 Å². The molecule has 0 bridgehead atoms. The predicted molar refractivity (Wildman–Crippen MR) is 380 cm³/mol. The number of hydrogen-bond donors (Lipinski definition) is 16. The molecule has 0 aromatic heterocycles. The van der Waals surface area contributed by atoms with E-state index in [-0.39, 0.29) is 120 Å². The number of nitrogens with one attached hydrogen (secondary N) is 10. The molecule has 0 saturated heterocycles. The van der Waals surface area contributed by atoms with Gasteiger partial charge in [-0.15, -0.1) is 0 Å². The maximum Gasteiger partial charge on any atom is 0.245 e. The van der Waals surface area contributed by atoms with Gasteiger partial charge in [0.1, 0.15) is 54.4 Å². The number of aliphatic imine (C=N–C) groups is 1. The van der Waals surface area contributed by atoms with Crippen LogP contribution in [0, 0.1) is 29.6 Å². The van der Waals surface area contributed by atoms with Crippen LogP contribution < -0.4 is 81.8 Å². The van der Waals surface area contributed by atoms with Gasteiger partial charge in [0.25, 0.3) is 0 Å². The fourth-order valence-electron chi connectivity index (χ4n) is 11.0. The number of aliphatic hydroxyl groups is 1. The van der Waals surface area contributed by atoms with E-state index < -0.39 is 125 Å². The van der Waals surface area contributed by atoms with Crippen LogP contribution in [0.1, 0.15) is 250 Å². The van der Waals surface area contributed by atoms with E-state index in [1.54, 1.807) is 13.8 Å². The highest BCUT2D eigenvalue weighted by Crippen LogP contribution is 2.17. The van der Waals surface area contributed by atoms with Gasteiger partial charge in [-0.3, -0.25) is 57.7 Å². The molecule has 21 N–H and O–H groups in total. The maximum absolute atomic E-state index is 14.7. The van der Waals surface area contributed by atoms with Crippen molar-refractivity contribution in [2.45, 2.75) is 311 Å².